The Morgan fingerprint density at radius 1 is 1.33 bits per heavy atom. The van der Waals surface area contributed by atoms with Crippen LogP contribution in [-0.4, -0.2) is 49.6 Å². The summed E-state index contributed by atoms with van der Waals surface area (Å²) in [6.45, 7) is 4.49. The number of carbonyl (C=O) groups is 1. The van der Waals surface area contributed by atoms with Crippen LogP contribution in [0, 0.1) is 0 Å². The maximum atomic E-state index is 12.2. The zero-order valence-corrected chi connectivity index (χ0v) is 13.3. The minimum atomic E-state index is 0.108. The van der Waals surface area contributed by atoms with E-state index in [0.717, 1.165) is 25.9 Å². The molecule has 1 atom stereocenters. The summed E-state index contributed by atoms with van der Waals surface area (Å²) in [4.78, 5) is 16.3. The molecule has 4 nitrogen and oxygen atoms in total. The summed E-state index contributed by atoms with van der Waals surface area (Å²) in [6, 6.07) is 8.87. The lowest BCUT2D eigenvalue weighted by atomic mass is 10.0. The standard InChI is InChI=1S/C17H26N2O2/c1-4-21-13-17(20)19-11-5-6-16(19)15-9-7-14(8-10-15)12-18(2)3/h7-10,16H,4-6,11-13H2,1-3H3/t16-/m0/s1. The number of ether oxygens (including phenoxy) is 1. The smallest absolute Gasteiger partial charge is 0.249 e. The number of benzene rings is 1. The van der Waals surface area contributed by atoms with Crippen molar-refractivity contribution in [3.63, 3.8) is 0 Å². The third kappa shape index (κ3) is 4.29. The van der Waals surface area contributed by atoms with Gasteiger partial charge in [-0.15, -0.1) is 0 Å². The molecule has 1 aliphatic heterocycles. The van der Waals surface area contributed by atoms with Crippen molar-refractivity contribution in [2.75, 3.05) is 33.9 Å². The summed E-state index contributed by atoms with van der Waals surface area (Å²) in [5, 5.41) is 0. The van der Waals surface area contributed by atoms with Gasteiger partial charge in [-0.05, 0) is 45.0 Å². The van der Waals surface area contributed by atoms with Crippen LogP contribution in [0.4, 0.5) is 0 Å². The van der Waals surface area contributed by atoms with Crippen molar-refractivity contribution in [3.05, 3.63) is 35.4 Å². The van der Waals surface area contributed by atoms with Gasteiger partial charge in [-0.2, -0.15) is 0 Å². The molecule has 1 aromatic rings. The molecule has 0 aliphatic carbocycles. The average molecular weight is 290 g/mol. The largest absolute Gasteiger partial charge is 0.372 e. The van der Waals surface area contributed by atoms with Crippen molar-refractivity contribution in [2.24, 2.45) is 0 Å². The zero-order chi connectivity index (χ0) is 15.2. The van der Waals surface area contributed by atoms with E-state index in [1.807, 2.05) is 11.8 Å². The molecule has 0 bridgehead atoms. The summed E-state index contributed by atoms with van der Waals surface area (Å²) in [7, 11) is 4.14. The van der Waals surface area contributed by atoms with Crippen LogP contribution in [0.15, 0.2) is 24.3 Å². The molecule has 4 heteroatoms. The summed E-state index contributed by atoms with van der Waals surface area (Å²) < 4.78 is 5.26. The second-order valence-electron chi connectivity index (χ2n) is 5.86. The van der Waals surface area contributed by atoms with E-state index in [0.29, 0.717) is 6.61 Å². The molecular formula is C17H26N2O2. The monoisotopic (exact) mass is 290 g/mol. The van der Waals surface area contributed by atoms with Crippen LogP contribution >= 0.6 is 0 Å². The first-order chi connectivity index (χ1) is 10.1. The molecule has 0 aromatic heterocycles. The fourth-order valence-corrected chi connectivity index (χ4v) is 2.89. The lowest BCUT2D eigenvalue weighted by Gasteiger charge is -2.25. The summed E-state index contributed by atoms with van der Waals surface area (Å²) in [6.07, 6.45) is 2.12. The Labute approximate surface area is 127 Å². The lowest BCUT2D eigenvalue weighted by Crippen LogP contribution is -2.33. The van der Waals surface area contributed by atoms with Gasteiger partial charge in [0.05, 0.1) is 6.04 Å². The number of rotatable bonds is 6. The topological polar surface area (TPSA) is 32.8 Å². The van der Waals surface area contributed by atoms with Crippen LogP contribution in [0.5, 0.6) is 0 Å². The fourth-order valence-electron chi connectivity index (χ4n) is 2.89. The number of hydrogen-bond acceptors (Lipinski definition) is 3. The molecule has 21 heavy (non-hydrogen) atoms. The van der Waals surface area contributed by atoms with Crippen molar-refractivity contribution in [1.29, 1.82) is 0 Å². The van der Waals surface area contributed by atoms with Crippen LogP contribution in [-0.2, 0) is 16.1 Å². The van der Waals surface area contributed by atoms with Gasteiger partial charge in [-0.3, -0.25) is 4.79 Å². The van der Waals surface area contributed by atoms with Crippen LogP contribution in [0.25, 0.3) is 0 Å². The van der Waals surface area contributed by atoms with E-state index >= 15 is 0 Å². The van der Waals surface area contributed by atoms with Gasteiger partial charge in [0.1, 0.15) is 6.61 Å². The summed E-state index contributed by atoms with van der Waals surface area (Å²) in [5.41, 5.74) is 2.54. The Hall–Kier alpha value is -1.39. The SMILES string of the molecule is CCOCC(=O)N1CCC[C@H]1c1ccc(CN(C)C)cc1. The molecule has 1 amide bonds. The second-order valence-corrected chi connectivity index (χ2v) is 5.86. The Morgan fingerprint density at radius 2 is 2.05 bits per heavy atom. The van der Waals surface area contributed by atoms with E-state index in [9.17, 15) is 4.79 Å². The Balaban J connectivity index is 2.03. The Kier molecular flexibility index (Phi) is 5.76. The first-order valence-corrected chi connectivity index (χ1v) is 7.72. The highest BCUT2D eigenvalue weighted by Crippen LogP contribution is 2.32. The van der Waals surface area contributed by atoms with Crippen molar-refractivity contribution in [1.82, 2.24) is 9.80 Å². The van der Waals surface area contributed by atoms with E-state index in [4.69, 9.17) is 4.74 Å². The molecule has 1 heterocycles. The highest BCUT2D eigenvalue weighted by Gasteiger charge is 2.29. The van der Waals surface area contributed by atoms with Gasteiger partial charge in [0.15, 0.2) is 0 Å². The number of carbonyl (C=O) groups excluding carboxylic acids is 1. The van der Waals surface area contributed by atoms with Crippen LogP contribution < -0.4 is 0 Å². The van der Waals surface area contributed by atoms with Gasteiger partial charge in [0.2, 0.25) is 5.91 Å². The lowest BCUT2D eigenvalue weighted by molar-refractivity contribution is -0.136. The average Bonchev–Trinajstić information content (AvgIpc) is 2.94. The quantitative estimate of drug-likeness (QED) is 0.807. The molecule has 2 rings (SSSR count). The molecule has 1 aliphatic rings. The van der Waals surface area contributed by atoms with Gasteiger partial charge < -0.3 is 14.5 Å². The first-order valence-electron chi connectivity index (χ1n) is 7.72. The number of likely N-dealkylation sites (tertiary alicyclic amines) is 1. The van der Waals surface area contributed by atoms with Crippen LogP contribution in [0.1, 0.15) is 36.9 Å². The predicted octanol–water partition coefficient (Wildman–Crippen LogP) is 2.45. The van der Waals surface area contributed by atoms with Crippen LogP contribution in [0.3, 0.4) is 0 Å². The van der Waals surface area contributed by atoms with E-state index in [2.05, 4.69) is 43.3 Å². The molecule has 0 unspecified atom stereocenters. The third-order valence-electron chi connectivity index (χ3n) is 3.87. The summed E-state index contributed by atoms with van der Waals surface area (Å²) >= 11 is 0. The first kappa shape index (κ1) is 16.0. The molecule has 0 radical (unpaired) electrons. The fraction of sp³-hybridized carbons (Fsp3) is 0.588. The zero-order valence-electron chi connectivity index (χ0n) is 13.3. The molecule has 1 aromatic carbocycles. The molecule has 1 fully saturated rings. The van der Waals surface area contributed by atoms with Crippen LogP contribution in [0.2, 0.25) is 0 Å². The Bertz CT molecular complexity index is 456. The minimum absolute atomic E-state index is 0.108. The van der Waals surface area contributed by atoms with E-state index in [1.165, 1.54) is 11.1 Å². The molecule has 1 saturated heterocycles. The van der Waals surface area contributed by atoms with E-state index in [-0.39, 0.29) is 18.6 Å². The normalized spacial score (nSPS) is 18.5. The van der Waals surface area contributed by atoms with Crippen molar-refractivity contribution in [3.8, 4) is 0 Å². The van der Waals surface area contributed by atoms with Crippen molar-refractivity contribution < 1.29 is 9.53 Å². The highest BCUT2D eigenvalue weighted by atomic mass is 16.5. The van der Waals surface area contributed by atoms with Gasteiger partial charge >= 0.3 is 0 Å². The van der Waals surface area contributed by atoms with Gasteiger partial charge in [0, 0.05) is 19.7 Å². The molecule has 0 saturated carbocycles. The maximum Gasteiger partial charge on any atom is 0.249 e. The predicted molar refractivity (Wildman–Crippen MR) is 84.0 cm³/mol. The van der Waals surface area contributed by atoms with Gasteiger partial charge in [-0.25, -0.2) is 0 Å². The second kappa shape index (κ2) is 7.57. The molecule has 116 valence electrons. The highest BCUT2D eigenvalue weighted by molar-refractivity contribution is 5.78. The van der Waals surface area contributed by atoms with Crippen molar-refractivity contribution >= 4 is 5.91 Å². The number of hydrogen-bond donors (Lipinski definition) is 0. The van der Waals surface area contributed by atoms with Gasteiger partial charge in [0.25, 0.3) is 0 Å². The maximum absolute atomic E-state index is 12.2. The van der Waals surface area contributed by atoms with E-state index in [1.54, 1.807) is 0 Å². The minimum Gasteiger partial charge on any atom is -0.372 e. The third-order valence-corrected chi connectivity index (χ3v) is 3.87. The number of nitrogens with zero attached hydrogens (tertiary/aromatic N) is 2. The van der Waals surface area contributed by atoms with Gasteiger partial charge in [-0.1, -0.05) is 24.3 Å². The summed E-state index contributed by atoms with van der Waals surface area (Å²) in [5.74, 6) is 0.108. The Morgan fingerprint density at radius 3 is 2.67 bits per heavy atom. The molecule has 0 spiro atoms. The molecular weight excluding hydrogens is 264 g/mol. The number of amides is 1. The van der Waals surface area contributed by atoms with Crippen molar-refractivity contribution in [2.45, 2.75) is 32.4 Å². The van der Waals surface area contributed by atoms with E-state index < -0.39 is 0 Å². The molecule has 0 N–H and O–H groups in total.